The molecule has 0 saturated carbocycles. The molecule has 92 valence electrons. The number of esters is 1. The number of hydrogen-bond acceptors (Lipinski definition) is 3. The molecule has 0 heterocycles. The second kappa shape index (κ2) is 4.86. The zero-order valence-corrected chi connectivity index (χ0v) is 8.40. The molecule has 0 aromatic heterocycles. The quantitative estimate of drug-likeness (QED) is 0.633. The van der Waals surface area contributed by atoms with Crippen LogP contribution in [0.15, 0.2) is 30.3 Å². The summed E-state index contributed by atoms with van der Waals surface area (Å²) >= 11 is 0. The summed E-state index contributed by atoms with van der Waals surface area (Å²) in [6, 6.07) is 6.48. The average molecular weight is 247 g/mol. The van der Waals surface area contributed by atoms with Gasteiger partial charge in [-0.25, -0.2) is 4.79 Å². The van der Waals surface area contributed by atoms with E-state index in [1.165, 1.54) is 18.2 Å². The summed E-state index contributed by atoms with van der Waals surface area (Å²) < 4.78 is 41.8. The van der Waals surface area contributed by atoms with E-state index in [1.807, 2.05) is 0 Å². The molecule has 0 radical (unpaired) electrons. The van der Waals surface area contributed by atoms with Crippen molar-refractivity contribution in [1.82, 2.24) is 0 Å². The summed E-state index contributed by atoms with van der Waals surface area (Å²) in [4.78, 5) is 21.1. The highest BCUT2D eigenvalue weighted by Crippen LogP contribution is 2.35. The van der Waals surface area contributed by atoms with Crippen LogP contribution in [0.4, 0.5) is 13.2 Å². The highest BCUT2D eigenvalue weighted by Gasteiger charge is 2.44. The first-order valence-corrected chi connectivity index (χ1v) is 4.44. The van der Waals surface area contributed by atoms with E-state index in [2.05, 4.69) is 10.5 Å². The lowest BCUT2D eigenvalue weighted by Crippen LogP contribution is -2.32. The predicted molar refractivity (Wildman–Crippen MR) is 50.5 cm³/mol. The Hall–Kier alpha value is -2.05. The van der Waals surface area contributed by atoms with E-state index in [0.717, 1.165) is 12.1 Å². The highest BCUT2D eigenvalue weighted by atomic mass is 19.4. The Kier molecular flexibility index (Phi) is 3.72. The summed E-state index contributed by atoms with van der Waals surface area (Å²) in [5.74, 6) is -3.30. The van der Waals surface area contributed by atoms with Gasteiger partial charge in [0.25, 0.3) is 0 Å². The Morgan fingerprint density at radius 1 is 1.18 bits per heavy atom. The second-order valence-electron chi connectivity index (χ2n) is 3.10. The fourth-order valence-corrected chi connectivity index (χ4v) is 1.12. The molecule has 17 heavy (non-hydrogen) atoms. The number of rotatable bonds is 2. The van der Waals surface area contributed by atoms with Gasteiger partial charge in [0, 0.05) is 5.56 Å². The molecule has 0 aliphatic rings. The fourth-order valence-electron chi connectivity index (χ4n) is 1.12. The molecule has 0 fully saturated rings. The number of amides is 1. The van der Waals surface area contributed by atoms with Crippen LogP contribution in [0.1, 0.15) is 11.7 Å². The average Bonchev–Trinajstić information content (AvgIpc) is 2.25. The Labute approximate surface area is 94.2 Å². The van der Waals surface area contributed by atoms with Gasteiger partial charge in [-0.05, 0) is 0 Å². The van der Waals surface area contributed by atoms with E-state index in [0.29, 0.717) is 0 Å². The van der Waals surface area contributed by atoms with Gasteiger partial charge >= 0.3 is 18.1 Å². The van der Waals surface area contributed by atoms with Crippen LogP contribution in [0.25, 0.3) is 0 Å². The van der Waals surface area contributed by atoms with E-state index in [9.17, 15) is 22.8 Å². The van der Waals surface area contributed by atoms with Crippen LogP contribution in [0.3, 0.4) is 0 Å². The molecule has 1 aromatic rings. The molecule has 0 bridgehead atoms. The maximum atomic E-state index is 12.6. The van der Waals surface area contributed by atoms with E-state index in [4.69, 9.17) is 0 Å². The smallest absolute Gasteiger partial charge is 0.429 e. The Morgan fingerprint density at radius 2 is 1.71 bits per heavy atom. The highest BCUT2D eigenvalue weighted by molar-refractivity contribution is 6.31. The number of ether oxygens (including phenoxy) is 1. The number of halogens is 3. The van der Waals surface area contributed by atoms with E-state index in [1.54, 1.807) is 0 Å². The molecule has 1 amide bonds. The Bertz CT molecular complexity index is 417. The molecular formula is C10H8F3NO3. The fraction of sp³-hybridized carbons (Fsp3) is 0.200. The lowest BCUT2D eigenvalue weighted by atomic mass is 10.1. The monoisotopic (exact) mass is 247 g/mol. The van der Waals surface area contributed by atoms with Gasteiger partial charge in [-0.3, -0.25) is 4.79 Å². The normalized spacial score (nSPS) is 12.9. The third-order valence-electron chi connectivity index (χ3n) is 1.83. The van der Waals surface area contributed by atoms with Crippen molar-refractivity contribution in [3.63, 3.8) is 0 Å². The number of carbonyl (C=O) groups is 2. The molecule has 0 saturated heterocycles. The van der Waals surface area contributed by atoms with Crippen molar-refractivity contribution >= 4 is 11.9 Å². The van der Waals surface area contributed by atoms with Crippen LogP contribution >= 0.6 is 0 Å². The molecule has 1 aromatic carbocycles. The molecule has 0 aliphatic heterocycles. The number of carbonyl (C=O) groups excluding carboxylic acids is 2. The zero-order valence-electron chi connectivity index (χ0n) is 8.40. The molecular weight excluding hydrogens is 239 g/mol. The maximum Gasteiger partial charge on any atom is 0.429 e. The molecule has 1 unspecified atom stereocenters. The van der Waals surface area contributed by atoms with E-state index >= 15 is 0 Å². The second-order valence-corrected chi connectivity index (χ2v) is 3.10. The van der Waals surface area contributed by atoms with Crippen molar-refractivity contribution < 1.29 is 27.5 Å². The van der Waals surface area contributed by atoms with Gasteiger partial charge < -0.3 is 10.5 Å². The number of hydrogen-bond donors (Lipinski definition) is 1. The first kappa shape index (κ1) is 13.0. The lowest BCUT2D eigenvalue weighted by Gasteiger charge is -2.20. The first-order valence-electron chi connectivity index (χ1n) is 4.44. The molecule has 7 heteroatoms. The van der Waals surface area contributed by atoms with Gasteiger partial charge in [0.2, 0.25) is 6.10 Å². The maximum absolute atomic E-state index is 12.6. The van der Waals surface area contributed by atoms with Crippen LogP contribution in [0.2, 0.25) is 0 Å². The van der Waals surface area contributed by atoms with E-state index < -0.39 is 24.2 Å². The molecule has 0 aliphatic carbocycles. The summed E-state index contributed by atoms with van der Waals surface area (Å²) in [5.41, 5.74) is 4.24. The van der Waals surface area contributed by atoms with Crippen LogP contribution in [0.5, 0.6) is 0 Å². The summed E-state index contributed by atoms with van der Waals surface area (Å²) in [7, 11) is 0. The number of alkyl halides is 3. The number of benzene rings is 1. The number of nitrogens with two attached hydrogens (primary N) is 1. The van der Waals surface area contributed by atoms with Crippen molar-refractivity contribution in [2.75, 3.05) is 0 Å². The van der Waals surface area contributed by atoms with Crippen LogP contribution in [-0.4, -0.2) is 18.1 Å². The van der Waals surface area contributed by atoms with Crippen LogP contribution in [-0.2, 0) is 14.3 Å². The SMILES string of the molecule is NC(=O)C(=O)OC(c1ccccc1)C(F)(F)F. The molecule has 2 N–H and O–H groups in total. The van der Waals surface area contributed by atoms with Gasteiger partial charge in [0.1, 0.15) is 0 Å². The zero-order chi connectivity index (χ0) is 13.1. The molecule has 1 atom stereocenters. The molecule has 1 rings (SSSR count). The molecule has 0 spiro atoms. The van der Waals surface area contributed by atoms with Crippen molar-refractivity contribution in [2.45, 2.75) is 12.3 Å². The van der Waals surface area contributed by atoms with Crippen molar-refractivity contribution in [3.05, 3.63) is 35.9 Å². The minimum absolute atomic E-state index is 0.283. The number of primary amides is 1. The van der Waals surface area contributed by atoms with Gasteiger partial charge in [-0.2, -0.15) is 13.2 Å². The third-order valence-corrected chi connectivity index (χ3v) is 1.83. The third kappa shape index (κ3) is 3.47. The minimum Gasteiger partial charge on any atom is -0.441 e. The first-order chi connectivity index (χ1) is 7.82. The lowest BCUT2D eigenvalue weighted by molar-refractivity contribution is -0.223. The van der Waals surface area contributed by atoms with Gasteiger partial charge in [-0.1, -0.05) is 30.3 Å². The van der Waals surface area contributed by atoms with Gasteiger partial charge in [-0.15, -0.1) is 0 Å². The minimum atomic E-state index is -4.81. The summed E-state index contributed by atoms with van der Waals surface area (Å²) in [5, 5.41) is 0. The summed E-state index contributed by atoms with van der Waals surface area (Å²) in [6.45, 7) is 0. The molecule has 4 nitrogen and oxygen atoms in total. The van der Waals surface area contributed by atoms with Gasteiger partial charge in [0.15, 0.2) is 0 Å². The van der Waals surface area contributed by atoms with Crippen molar-refractivity contribution in [3.8, 4) is 0 Å². The van der Waals surface area contributed by atoms with Crippen molar-refractivity contribution in [2.24, 2.45) is 5.73 Å². The summed E-state index contributed by atoms with van der Waals surface area (Å²) in [6.07, 6.45) is -7.31. The van der Waals surface area contributed by atoms with Crippen LogP contribution in [0, 0.1) is 0 Å². The topological polar surface area (TPSA) is 69.4 Å². The Balaban J connectivity index is 2.98. The van der Waals surface area contributed by atoms with Crippen LogP contribution < -0.4 is 5.73 Å². The van der Waals surface area contributed by atoms with E-state index in [-0.39, 0.29) is 5.56 Å². The Morgan fingerprint density at radius 3 is 2.12 bits per heavy atom. The predicted octanol–water partition coefficient (Wildman–Crippen LogP) is 1.32. The van der Waals surface area contributed by atoms with Gasteiger partial charge in [0.05, 0.1) is 0 Å². The standard InChI is InChI=1S/C10H8F3NO3/c11-10(12,13)7(17-9(16)8(14)15)6-4-2-1-3-5-6/h1-5,7H,(H2,14,15). The van der Waals surface area contributed by atoms with Crippen molar-refractivity contribution in [1.29, 1.82) is 0 Å². The largest absolute Gasteiger partial charge is 0.441 e.